The zero-order valence-corrected chi connectivity index (χ0v) is 22.1. The molecule has 4 aromatic rings. The van der Waals surface area contributed by atoms with Gasteiger partial charge in [-0.15, -0.1) is 0 Å². The molecule has 0 unspecified atom stereocenters. The molecule has 0 spiro atoms. The van der Waals surface area contributed by atoms with E-state index in [1.807, 2.05) is 26.0 Å². The summed E-state index contributed by atoms with van der Waals surface area (Å²) in [7, 11) is 0. The van der Waals surface area contributed by atoms with Gasteiger partial charge in [-0.2, -0.15) is 0 Å². The zero-order chi connectivity index (χ0) is 27.5. The number of aryl methyl sites for hydroxylation is 1. The third-order valence-corrected chi connectivity index (χ3v) is 6.66. The lowest BCUT2D eigenvalue weighted by Gasteiger charge is -2.26. The Morgan fingerprint density at radius 2 is 1.67 bits per heavy atom. The van der Waals surface area contributed by atoms with Gasteiger partial charge < -0.3 is 9.47 Å². The van der Waals surface area contributed by atoms with Crippen molar-refractivity contribution in [3.05, 3.63) is 106 Å². The Morgan fingerprint density at radius 1 is 0.897 bits per heavy atom. The Labute approximate surface area is 230 Å². The van der Waals surface area contributed by atoms with Crippen molar-refractivity contribution in [3.63, 3.8) is 0 Å². The van der Waals surface area contributed by atoms with Gasteiger partial charge in [-0.25, -0.2) is 9.69 Å². The third-order valence-electron chi connectivity index (χ3n) is 6.41. The van der Waals surface area contributed by atoms with Crippen molar-refractivity contribution in [2.75, 3.05) is 11.5 Å². The number of urea groups is 1. The van der Waals surface area contributed by atoms with E-state index in [0.29, 0.717) is 41.0 Å². The molecule has 0 aliphatic carbocycles. The third kappa shape index (κ3) is 5.35. The van der Waals surface area contributed by atoms with Gasteiger partial charge in [0.2, 0.25) is 0 Å². The standard InChI is InChI=1S/C31H25ClN2O5/c1-3-38-28-17-20(9-15-27(28)39-18-26-19(2)8-10-21-6-4-5-7-24(21)26)16-25-29(35)33-31(37)34(30(25)36)23-13-11-22(32)12-14-23/h4-17H,3,18H2,1-2H3,(H,33,35,37)/b25-16+. The second kappa shape index (κ2) is 11.0. The van der Waals surface area contributed by atoms with Crippen LogP contribution in [0.1, 0.15) is 23.6 Å². The average Bonchev–Trinajstić information content (AvgIpc) is 2.92. The Balaban J connectivity index is 1.43. The molecule has 0 atom stereocenters. The van der Waals surface area contributed by atoms with E-state index in [2.05, 4.69) is 29.6 Å². The van der Waals surface area contributed by atoms with Gasteiger partial charge in [0.1, 0.15) is 12.2 Å². The minimum Gasteiger partial charge on any atom is -0.490 e. The largest absolute Gasteiger partial charge is 0.490 e. The number of barbiturate groups is 1. The van der Waals surface area contributed by atoms with Crippen molar-refractivity contribution in [3.8, 4) is 11.5 Å². The molecule has 1 saturated heterocycles. The summed E-state index contributed by atoms with van der Waals surface area (Å²) in [6, 6.07) is 22.8. The van der Waals surface area contributed by atoms with Crippen LogP contribution < -0.4 is 19.7 Å². The number of nitrogens with one attached hydrogen (secondary N) is 1. The average molecular weight is 541 g/mol. The maximum Gasteiger partial charge on any atom is 0.335 e. The van der Waals surface area contributed by atoms with Gasteiger partial charge in [0, 0.05) is 10.6 Å². The molecular weight excluding hydrogens is 516 g/mol. The summed E-state index contributed by atoms with van der Waals surface area (Å²) in [5, 5.41) is 4.94. The van der Waals surface area contributed by atoms with Crippen molar-refractivity contribution in [1.82, 2.24) is 5.32 Å². The topological polar surface area (TPSA) is 84.9 Å². The Hall–Kier alpha value is -4.62. The van der Waals surface area contributed by atoms with Crippen LogP contribution >= 0.6 is 11.6 Å². The summed E-state index contributed by atoms with van der Waals surface area (Å²) in [6.07, 6.45) is 1.42. The summed E-state index contributed by atoms with van der Waals surface area (Å²) in [4.78, 5) is 39.2. The van der Waals surface area contributed by atoms with Gasteiger partial charge in [0.05, 0.1) is 12.3 Å². The summed E-state index contributed by atoms with van der Waals surface area (Å²) >= 11 is 5.93. The van der Waals surface area contributed by atoms with Crippen LogP contribution in [0.3, 0.4) is 0 Å². The van der Waals surface area contributed by atoms with E-state index >= 15 is 0 Å². The highest BCUT2D eigenvalue weighted by molar-refractivity contribution is 6.39. The van der Waals surface area contributed by atoms with Crippen molar-refractivity contribution >= 4 is 52.0 Å². The number of imide groups is 2. The molecule has 1 aliphatic heterocycles. The van der Waals surface area contributed by atoms with Gasteiger partial charge in [-0.1, -0.05) is 54.1 Å². The first-order valence-electron chi connectivity index (χ1n) is 12.4. The lowest BCUT2D eigenvalue weighted by Crippen LogP contribution is -2.54. The number of fused-ring (bicyclic) bond motifs is 1. The fourth-order valence-electron chi connectivity index (χ4n) is 4.44. The van der Waals surface area contributed by atoms with Crippen LogP contribution in [0.15, 0.2) is 84.4 Å². The summed E-state index contributed by atoms with van der Waals surface area (Å²) < 4.78 is 12.0. The number of hydrogen-bond donors (Lipinski definition) is 1. The van der Waals surface area contributed by atoms with E-state index in [0.717, 1.165) is 26.8 Å². The fourth-order valence-corrected chi connectivity index (χ4v) is 4.56. The minimum absolute atomic E-state index is 0.188. The highest BCUT2D eigenvalue weighted by Crippen LogP contribution is 2.32. The van der Waals surface area contributed by atoms with Crippen LogP contribution in [-0.4, -0.2) is 24.5 Å². The number of rotatable bonds is 7. The smallest absolute Gasteiger partial charge is 0.335 e. The van der Waals surface area contributed by atoms with E-state index < -0.39 is 17.8 Å². The molecule has 1 heterocycles. The van der Waals surface area contributed by atoms with Gasteiger partial charge in [-0.05, 0) is 78.2 Å². The number of amides is 4. The SMILES string of the molecule is CCOc1cc(/C=C2\C(=O)NC(=O)N(c3ccc(Cl)cc3)C2=O)ccc1OCc1c(C)ccc2ccccc12. The molecular formula is C31H25ClN2O5. The Bertz CT molecular complexity index is 1630. The number of anilines is 1. The normalized spacial score (nSPS) is 14.6. The fraction of sp³-hybridized carbons (Fsp3) is 0.129. The van der Waals surface area contributed by atoms with E-state index in [1.165, 1.54) is 18.2 Å². The molecule has 4 aromatic carbocycles. The number of halogens is 1. The monoisotopic (exact) mass is 540 g/mol. The van der Waals surface area contributed by atoms with E-state index in [-0.39, 0.29) is 5.57 Å². The Kier molecular flexibility index (Phi) is 7.34. The van der Waals surface area contributed by atoms with Gasteiger partial charge in [0.15, 0.2) is 11.5 Å². The molecule has 39 heavy (non-hydrogen) atoms. The molecule has 0 aromatic heterocycles. The first kappa shape index (κ1) is 26.0. The molecule has 0 bridgehead atoms. The van der Waals surface area contributed by atoms with E-state index in [1.54, 1.807) is 30.3 Å². The van der Waals surface area contributed by atoms with E-state index in [4.69, 9.17) is 21.1 Å². The molecule has 8 heteroatoms. The van der Waals surface area contributed by atoms with Gasteiger partial charge >= 0.3 is 6.03 Å². The lowest BCUT2D eigenvalue weighted by atomic mass is 10.0. The molecule has 1 fully saturated rings. The lowest BCUT2D eigenvalue weighted by molar-refractivity contribution is -0.122. The molecule has 1 aliphatic rings. The van der Waals surface area contributed by atoms with E-state index in [9.17, 15) is 14.4 Å². The quantitative estimate of drug-likeness (QED) is 0.215. The Morgan fingerprint density at radius 3 is 2.44 bits per heavy atom. The number of carbonyl (C=O) groups excluding carboxylic acids is 3. The molecule has 0 saturated carbocycles. The number of carbonyl (C=O) groups is 3. The van der Waals surface area contributed by atoms with Gasteiger partial charge in [0.25, 0.3) is 11.8 Å². The number of benzene rings is 4. The van der Waals surface area contributed by atoms with Crippen molar-refractivity contribution in [2.24, 2.45) is 0 Å². The number of hydrogen-bond acceptors (Lipinski definition) is 5. The predicted octanol–water partition coefficient (Wildman–Crippen LogP) is 6.45. The highest BCUT2D eigenvalue weighted by atomic mass is 35.5. The molecule has 0 radical (unpaired) electrons. The van der Waals surface area contributed by atoms with Crippen molar-refractivity contribution < 1.29 is 23.9 Å². The van der Waals surface area contributed by atoms with Crippen LogP contribution in [-0.2, 0) is 16.2 Å². The summed E-state index contributed by atoms with van der Waals surface area (Å²) in [6.45, 7) is 4.64. The predicted molar refractivity (Wildman–Crippen MR) is 151 cm³/mol. The number of nitrogens with zero attached hydrogens (tertiary/aromatic N) is 1. The summed E-state index contributed by atoms with van der Waals surface area (Å²) in [5.41, 5.74) is 2.85. The second-order valence-corrected chi connectivity index (χ2v) is 9.38. The van der Waals surface area contributed by atoms with Crippen LogP contribution in [0.5, 0.6) is 11.5 Å². The van der Waals surface area contributed by atoms with Gasteiger partial charge in [-0.3, -0.25) is 14.9 Å². The first-order valence-corrected chi connectivity index (χ1v) is 12.8. The summed E-state index contributed by atoms with van der Waals surface area (Å²) in [5.74, 6) is -0.515. The molecule has 7 nitrogen and oxygen atoms in total. The first-order chi connectivity index (χ1) is 18.9. The van der Waals surface area contributed by atoms with Crippen molar-refractivity contribution in [1.29, 1.82) is 0 Å². The zero-order valence-electron chi connectivity index (χ0n) is 21.4. The highest BCUT2D eigenvalue weighted by Gasteiger charge is 2.36. The molecule has 4 amide bonds. The van der Waals surface area contributed by atoms with Crippen molar-refractivity contribution in [2.45, 2.75) is 20.5 Å². The minimum atomic E-state index is -0.827. The molecule has 1 N–H and O–H groups in total. The second-order valence-electron chi connectivity index (χ2n) is 8.94. The van der Waals surface area contributed by atoms with Crippen LogP contribution in [0.2, 0.25) is 5.02 Å². The maximum absolute atomic E-state index is 13.2. The molecule has 5 rings (SSSR count). The number of ether oxygens (including phenoxy) is 2. The van der Waals surface area contributed by atoms with Crippen LogP contribution in [0.4, 0.5) is 10.5 Å². The van der Waals surface area contributed by atoms with Crippen LogP contribution in [0.25, 0.3) is 16.8 Å². The molecule has 196 valence electrons. The maximum atomic E-state index is 13.2. The van der Waals surface area contributed by atoms with Crippen LogP contribution in [0, 0.1) is 6.92 Å².